The van der Waals surface area contributed by atoms with Gasteiger partial charge in [0.15, 0.2) is 6.10 Å². The summed E-state index contributed by atoms with van der Waals surface area (Å²) in [5, 5.41) is 0. The maximum absolute atomic E-state index is 14.4. The number of hydrogen-bond acceptors (Lipinski definition) is 9. The molecule has 6 rings (SSSR count). The fraction of sp³-hybridized carbons (Fsp3) is 0.714. The van der Waals surface area contributed by atoms with Crippen molar-refractivity contribution in [3.63, 3.8) is 0 Å². The van der Waals surface area contributed by atoms with E-state index in [0.717, 1.165) is 5.56 Å². The summed E-state index contributed by atoms with van der Waals surface area (Å²) in [6.45, 7) is 11.0. The molecule has 5 fully saturated rings. The van der Waals surface area contributed by atoms with Crippen LogP contribution in [0.25, 0.3) is 0 Å². The van der Waals surface area contributed by atoms with E-state index in [-0.39, 0.29) is 30.5 Å². The Labute approximate surface area is 215 Å². The Morgan fingerprint density at radius 2 is 1.76 bits per heavy atom. The van der Waals surface area contributed by atoms with Gasteiger partial charge in [0.25, 0.3) is 0 Å². The van der Waals surface area contributed by atoms with E-state index in [1.165, 1.54) is 13.2 Å². The maximum atomic E-state index is 14.4. The van der Waals surface area contributed by atoms with E-state index >= 15 is 0 Å². The van der Waals surface area contributed by atoms with Crippen molar-refractivity contribution in [1.29, 1.82) is 0 Å². The number of hydrogen-bond donors (Lipinski definition) is 0. The first kappa shape index (κ1) is 24.6. The SMILES string of the molecule is CC(=O)O[C@@H]1CC(=O)OC(C)(C)[C@H]2CC(=O)[C@]3(C)[C@H](CC[C@@]4(C)[C@H](c5ccoc5)OC(=O)[C@@H]5O[C@]543)[C@@]21C. The fourth-order valence-electron chi connectivity index (χ4n) is 9.24. The van der Waals surface area contributed by atoms with E-state index < -0.39 is 63.7 Å². The number of esters is 3. The van der Waals surface area contributed by atoms with Crippen LogP contribution in [0.2, 0.25) is 0 Å². The lowest BCUT2D eigenvalue weighted by Crippen LogP contribution is -2.72. The number of furan rings is 1. The average molecular weight is 515 g/mol. The van der Waals surface area contributed by atoms with Gasteiger partial charge in [-0.3, -0.25) is 14.4 Å². The van der Waals surface area contributed by atoms with Crippen LogP contribution in [0.5, 0.6) is 0 Å². The van der Waals surface area contributed by atoms with Gasteiger partial charge in [0.2, 0.25) is 0 Å². The minimum Gasteiger partial charge on any atom is -0.472 e. The first-order chi connectivity index (χ1) is 17.2. The van der Waals surface area contributed by atoms with Crippen molar-refractivity contribution in [2.24, 2.45) is 28.1 Å². The van der Waals surface area contributed by atoms with Gasteiger partial charge >= 0.3 is 17.9 Å². The van der Waals surface area contributed by atoms with Crippen molar-refractivity contribution < 1.29 is 42.5 Å². The molecule has 1 aromatic heterocycles. The largest absolute Gasteiger partial charge is 0.472 e. The van der Waals surface area contributed by atoms with Gasteiger partial charge < -0.3 is 23.4 Å². The first-order valence-corrected chi connectivity index (χ1v) is 13.1. The van der Waals surface area contributed by atoms with Gasteiger partial charge in [0.05, 0.1) is 24.4 Å². The molecule has 9 atom stereocenters. The van der Waals surface area contributed by atoms with E-state index in [1.54, 1.807) is 12.3 Å². The average Bonchev–Trinajstić information content (AvgIpc) is 3.38. The summed E-state index contributed by atoms with van der Waals surface area (Å²) in [6.07, 6.45) is 2.06. The van der Waals surface area contributed by atoms with Gasteiger partial charge in [0, 0.05) is 35.7 Å². The molecule has 2 saturated carbocycles. The molecule has 1 spiro atoms. The third kappa shape index (κ3) is 2.79. The predicted molar refractivity (Wildman–Crippen MR) is 126 cm³/mol. The van der Waals surface area contributed by atoms with Gasteiger partial charge in [-0.1, -0.05) is 13.8 Å². The minimum absolute atomic E-state index is 0.0263. The first-order valence-electron chi connectivity index (χ1n) is 13.1. The molecular weight excluding hydrogens is 480 g/mol. The summed E-state index contributed by atoms with van der Waals surface area (Å²) in [7, 11) is 0. The normalized spacial score (nSPS) is 47.7. The number of ether oxygens (including phenoxy) is 4. The van der Waals surface area contributed by atoms with Gasteiger partial charge in [-0.15, -0.1) is 0 Å². The third-order valence-electron chi connectivity index (χ3n) is 10.8. The zero-order valence-corrected chi connectivity index (χ0v) is 22.1. The van der Waals surface area contributed by atoms with Crippen molar-refractivity contribution in [1.82, 2.24) is 0 Å². The minimum atomic E-state index is -1.09. The Morgan fingerprint density at radius 1 is 1.03 bits per heavy atom. The molecule has 3 saturated heterocycles. The second kappa shape index (κ2) is 7.24. The van der Waals surface area contributed by atoms with E-state index in [2.05, 4.69) is 0 Å². The molecular formula is C28H34O9. The standard InChI is InChI=1S/C28H34O9/c1-14(29)34-19-12-20(31)36-24(2,3)17-11-18(30)27(6)16(26(17,19)5)7-9-25(4)21(15-8-10-33-13-15)35-23(32)22-28(25,27)37-22/h8,10,13,16-17,19,21-22H,7,9,11-12H2,1-6H3/t16-,17-,19-,21+,22+,25+,26+,27+,28-/m1/s1. The molecule has 2 aliphatic carbocycles. The van der Waals surface area contributed by atoms with E-state index in [9.17, 15) is 19.2 Å². The fourth-order valence-corrected chi connectivity index (χ4v) is 9.24. The smallest absolute Gasteiger partial charge is 0.339 e. The van der Waals surface area contributed by atoms with Crippen LogP contribution in [0, 0.1) is 28.1 Å². The summed E-state index contributed by atoms with van der Waals surface area (Å²) in [5.74, 6) is -2.18. The lowest BCUT2D eigenvalue weighted by Gasteiger charge is -2.66. The molecule has 37 heavy (non-hydrogen) atoms. The van der Waals surface area contributed by atoms with Gasteiger partial charge in [-0.2, -0.15) is 0 Å². The van der Waals surface area contributed by atoms with Crippen molar-refractivity contribution in [3.8, 4) is 0 Å². The summed E-state index contributed by atoms with van der Waals surface area (Å²) in [4.78, 5) is 52.7. The van der Waals surface area contributed by atoms with E-state index in [0.29, 0.717) is 12.8 Å². The topological polar surface area (TPSA) is 122 Å². The van der Waals surface area contributed by atoms with Gasteiger partial charge in [-0.25, -0.2) is 4.79 Å². The molecule has 0 amide bonds. The Bertz CT molecular complexity index is 1200. The number of carbonyl (C=O) groups excluding carboxylic acids is 4. The predicted octanol–water partition coefficient (Wildman–Crippen LogP) is 3.69. The highest BCUT2D eigenvalue weighted by Gasteiger charge is 2.88. The van der Waals surface area contributed by atoms with Crippen LogP contribution in [0.4, 0.5) is 0 Å². The van der Waals surface area contributed by atoms with Crippen LogP contribution in [0.1, 0.15) is 78.9 Å². The Morgan fingerprint density at radius 3 is 2.41 bits per heavy atom. The second-order valence-corrected chi connectivity index (χ2v) is 12.7. The van der Waals surface area contributed by atoms with Crippen molar-refractivity contribution in [3.05, 3.63) is 24.2 Å². The highest BCUT2D eigenvalue weighted by molar-refractivity contribution is 5.93. The number of rotatable bonds is 2. The molecule has 0 aromatic carbocycles. The molecule has 1 aromatic rings. The van der Waals surface area contributed by atoms with Crippen LogP contribution in [-0.4, -0.2) is 47.1 Å². The zero-order chi connectivity index (χ0) is 26.8. The molecule has 0 radical (unpaired) electrons. The molecule has 9 heteroatoms. The number of fused-ring (bicyclic) bond motifs is 3. The number of epoxide rings is 1. The monoisotopic (exact) mass is 514 g/mol. The molecule has 4 heterocycles. The van der Waals surface area contributed by atoms with Crippen LogP contribution in [0.3, 0.4) is 0 Å². The van der Waals surface area contributed by atoms with Crippen LogP contribution in [-0.2, 0) is 38.1 Å². The molecule has 5 aliphatic rings. The Hall–Kier alpha value is -2.68. The lowest BCUT2D eigenvalue weighted by atomic mass is 9.37. The summed E-state index contributed by atoms with van der Waals surface area (Å²) in [5.41, 5.74) is -3.88. The molecule has 0 bridgehead atoms. The molecule has 9 nitrogen and oxygen atoms in total. The zero-order valence-electron chi connectivity index (χ0n) is 22.1. The number of Topliss-reactive ketones (excluding diaryl/α,β-unsaturated/α-hetero) is 1. The second-order valence-electron chi connectivity index (χ2n) is 12.7. The number of cyclic esters (lactones) is 2. The summed E-state index contributed by atoms with van der Waals surface area (Å²) < 4.78 is 29.3. The van der Waals surface area contributed by atoms with Crippen LogP contribution in [0.15, 0.2) is 23.0 Å². The van der Waals surface area contributed by atoms with Gasteiger partial charge in [0.1, 0.15) is 29.2 Å². The highest BCUT2D eigenvalue weighted by atomic mass is 16.7. The maximum Gasteiger partial charge on any atom is 0.339 e. The molecule has 0 unspecified atom stereocenters. The molecule has 200 valence electrons. The summed E-state index contributed by atoms with van der Waals surface area (Å²) >= 11 is 0. The summed E-state index contributed by atoms with van der Waals surface area (Å²) in [6, 6.07) is 1.78. The van der Waals surface area contributed by atoms with Crippen LogP contribution < -0.4 is 0 Å². The van der Waals surface area contributed by atoms with Crippen molar-refractivity contribution in [2.75, 3.05) is 0 Å². The quantitative estimate of drug-likeness (QED) is 0.330. The van der Waals surface area contributed by atoms with Gasteiger partial charge in [-0.05, 0) is 45.6 Å². The Balaban J connectivity index is 1.54. The molecule has 0 N–H and O–H groups in total. The van der Waals surface area contributed by atoms with Crippen molar-refractivity contribution in [2.45, 2.75) is 96.7 Å². The van der Waals surface area contributed by atoms with Crippen LogP contribution >= 0.6 is 0 Å². The third-order valence-corrected chi connectivity index (χ3v) is 10.8. The lowest BCUT2D eigenvalue weighted by molar-refractivity contribution is -0.234. The highest BCUT2D eigenvalue weighted by Crippen LogP contribution is 2.78. The Kier molecular flexibility index (Phi) is 4.82. The number of carbonyl (C=O) groups is 4. The van der Waals surface area contributed by atoms with Crippen molar-refractivity contribution >= 4 is 23.7 Å². The molecule has 3 aliphatic heterocycles. The van der Waals surface area contributed by atoms with E-state index in [1.807, 2.05) is 34.6 Å². The number of ketones is 1. The van der Waals surface area contributed by atoms with E-state index in [4.69, 9.17) is 23.4 Å².